The van der Waals surface area contributed by atoms with Gasteiger partial charge in [-0.2, -0.15) is 4.72 Å². The SMILES string of the molecule is N=C(N)c1cccc(C[C@H](NS(=O)(=O)c2ccc3ccccc3c2)C(=O)N2CCN(C(=O)c3csc4ccccc34)CC2)c1. The molecule has 4 N–H and O–H groups in total. The Hall–Kier alpha value is -4.58. The van der Waals surface area contributed by atoms with E-state index in [1.807, 2.05) is 53.9 Å². The van der Waals surface area contributed by atoms with Crippen molar-refractivity contribution in [3.63, 3.8) is 0 Å². The van der Waals surface area contributed by atoms with Crippen LogP contribution in [-0.4, -0.2) is 68.1 Å². The molecule has 0 radical (unpaired) electrons. The lowest BCUT2D eigenvalue weighted by Crippen LogP contribution is -2.56. The molecule has 0 bridgehead atoms. The number of hydrogen-bond donors (Lipinski definition) is 3. The quantitative estimate of drug-likeness (QED) is 0.175. The van der Waals surface area contributed by atoms with Crippen LogP contribution in [0.5, 0.6) is 0 Å². The molecule has 9 nitrogen and oxygen atoms in total. The number of amidine groups is 1. The number of rotatable bonds is 8. The summed E-state index contributed by atoms with van der Waals surface area (Å²) in [4.78, 5) is 30.7. The summed E-state index contributed by atoms with van der Waals surface area (Å²) in [6.07, 6.45) is 0.0623. The minimum Gasteiger partial charge on any atom is -0.384 e. The topological polar surface area (TPSA) is 137 Å². The number of benzene rings is 4. The van der Waals surface area contributed by atoms with Crippen molar-refractivity contribution in [1.82, 2.24) is 14.5 Å². The molecular formula is C33H31N5O4S2. The third kappa shape index (κ3) is 6.07. The van der Waals surface area contributed by atoms with E-state index in [2.05, 4.69) is 4.72 Å². The molecule has 224 valence electrons. The fourth-order valence-electron chi connectivity index (χ4n) is 5.53. The molecule has 0 unspecified atom stereocenters. The van der Waals surface area contributed by atoms with Crippen molar-refractivity contribution in [2.24, 2.45) is 5.73 Å². The van der Waals surface area contributed by atoms with Gasteiger partial charge in [0.05, 0.1) is 10.5 Å². The molecule has 5 aromatic rings. The third-order valence-electron chi connectivity index (χ3n) is 7.89. The van der Waals surface area contributed by atoms with Crippen LogP contribution >= 0.6 is 11.3 Å². The monoisotopic (exact) mass is 625 g/mol. The maximum atomic E-state index is 14.0. The Kier molecular flexibility index (Phi) is 8.17. The van der Waals surface area contributed by atoms with Gasteiger partial charge in [0.15, 0.2) is 0 Å². The summed E-state index contributed by atoms with van der Waals surface area (Å²) in [7, 11) is -4.08. The summed E-state index contributed by atoms with van der Waals surface area (Å²) < 4.78 is 31.0. The molecule has 44 heavy (non-hydrogen) atoms. The van der Waals surface area contributed by atoms with Gasteiger partial charge in [-0.15, -0.1) is 11.3 Å². The molecule has 11 heteroatoms. The van der Waals surface area contributed by atoms with Crippen LogP contribution in [0.2, 0.25) is 0 Å². The van der Waals surface area contributed by atoms with Crippen molar-refractivity contribution in [3.8, 4) is 0 Å². The van der Waals surface area contributed by atoms with Crippen molar-refractivity contribution in [2.75, 3.05) is 26.2 Å². The normalized spacial score (nSPS) is 14.5. The van der Waals surface area contributed by atoms with Gasteiger partial charge in [-0.25, -0.2) is 8.42 Å². The van der Waals surface area contributed by atoms with E-state index >= 15 is 0 Å². The second-order valence-corrected chi connectivity index (χ2v) is 13.4. The lowest BCUT2D eigenvalue weighted by atomic mass is 10.0. The molecule has 1 fully saturated rings. The van der Waals surface area contributed by atoms with Crippen LogP contribution in [0.25, 0.3) is 20.9 Å². The highest BCUT2D eigenvalue weighted by Crippen LogP contribution is 2.27. The van der Waals surface area contributed by atoms with Crippen LogP contribution in [-0.2, 0) is 21.2 Å². The van der Waals surface area contributed by atoms with Gasteiger partial charge in [0.1, 0.15) is 11.9 Å². The van der Waals surface area contributed by atoms with Crippen LogP contribution in [0.4, 0.5) is 0 Å². The minimum atomic E-state index is -4.08. The number of nitrogen functional groups attached to an aromatic ring is 1. The molecule has 6 rings (SSSR count). The van der Waals surface area contributed by atoms with Crippen molar-refractivity contribution in [1.29, 1.82) is 5.41 Å². The van der Waals surface area contributed by atoms with E-state index in [4.69, 9.17) is 11.1 Å². The van der Waals surface area contributed by atoms with Crippen molar-refractivity contribution < 1.29 is 18.0 Å². The average molecular weight is 626 g/mol. The highest BCUT2D eigenvalue weighted by atomic mass is 32.2. The predicted molar refractivity (Wildman–Crippen MR) is 174 cm³/mol. The van der Waals surface area contributed by atoms with Crippen LogP contribution < -0.4 is 10.5 Å². The fourth-order valence-corrected chi connectivity index (χ4v) is 7.69. The van der Waals surface area contributed by atoms with Gasteiger partial charge in [-0.3, -0.25) is 15.0 Å². The van der Waals surface area contributed by atoms with Gasteiger partial charge < -0.3 is 15.5 Å². The van der Waals surface area contributed by atoms with E-state index in [9.17, 15) is 18.0 Å². The fraction of sp³-hybridized carbons (Fsp3) is 0.182. The van der Waals surface area contributed by atoms with Crippen LogP contribution in [0.1, 0.15) is 21.5 Å². The summed E-state index contributed by atoms with van der Waals surface area (Å²) in [6.45, 7) is 1.21. The number of hydrogen-bond acceptors (Lipinski definition) is 6. The van der Waals surface area contributed by atoms with Gasteiger partial charge in [-0.05, 0) is 47.0 Å². The van der Waals surface area contributed by atoms with Gasteiger partial charge in [0.25, 0.3) is 5.91 Å². The van der Waals surface area contributed by atoms with Crippen molar-refractivity contribution in [3.05, 3.63) is 113 Å². The van der Waals surface area contributed by atoms with Crippen LogP contribution in [0.3, 0.4) is 0 Å². The van der Waals surface area contributed by atoms with Crippen molar-refractivity contribution >= 4 is 59.9 Å². The van der Waals surface area contributed by atoms with Crippen molar-refractivity contribution in [2.45, 2.75) is 17.4 Å². The van der Waals surface area contributed by atoms with E-state index in [1.165, 1.54) is 17.4 Å². The predicted octanol–water partition coefficient (Wildman–Crippen LogP) is 4.21. The maximum Gasteiger partial charge on any atom is 0.255 e. The van der Waals surface area contributed by atoms with Gasteiger partial charge in [0.2, 0.25) is 15.9 Å². The first kappa shape index (κ1) is 29.5. The molecule has 4 aromatic carbocycles. The molecule has 0 spiro atoms. The number of piperazine rings is 1. The third-order valence-corrected chi connectivity index (χ3v) is 10.3. The van der Waals surface area contributed by atoms with Gasteiger partial charge >= 0.3 is 0 Å². The zero-order chi connectivity index (χ0) is 30.8. The second-order valence-electron chi connectivity index (χ2n) is 10.8. The number of carbonyl (C=O) groups excluding carboxylic acids is 2. The summed E-state index contributed by atoms with van der Waals surface area (Å²) in [6, 6.07) is 25.9. The number of nitrogens with zero attached hydrogens (tertiary/aromatic N) is 2. The molecule has 1 saturated heterocycles. The average Bonchev–Trinajstić information content (AvgIpc) is 3.48. The first-order valence-corrected chi connectivity index (χ1v) is 16.5. The summed E-state index contributed by atoms with van der Waals surface area (Å²) in [5, 5.41) is 12.3. The highest BCUT2D eigenvalue weighted by molar-refractivity contribution is 7.89. The Bertz CT molecular complexity index is 2000. The van der Waals surface area contributed by atoms with E-state index < -0.39 is 16.1 Å². The summed E-state index contributed by atoms with van der Waals surface area (Å²) >= 11 is 1.52. The molecule has 1 aliphatic rings. The van der Waals surface area contributed by atoms with E-state index in [0.29, 0.717) is 29.8 Å². The minimum absolute atomic E-state index is 0.0601. The highest BCUT2D eigenvalue weighted by Gasteiger charge is 2.33. The zero-order valence-electron chi connectivity index (χ0n) is 23.8. The lowest BCUT2D eigenvalue weighted by Gasteiger charge is -2.36. The maximum absolute atomic E-state index is 14.0. The van der Waals surface area contributed by atoms with Gasteiger partial charge in [-0.1, -0.05) is 66.7 Å². The molecule has 1 aliphatic heterocycles. The van der Waals surface area contributed by atoms with Crippen LogP contribution in [0.15, 0.2) is 101 Å². The summed E-state index contributed by atoms with van der Waals surface area (Å²) in [5.74, 6) is -0.578. The Labute approximate surface area is 259 Å². The van der Waals surface area contributed by atoms with E-state index in [-0.39, 0.29) is 42.1 Å². The summed E-state index contributed by atoms with van der Waals surface area (Å²) in [5.41, 5.74) is 7.48. The Morgan fingerprint density at radius 1 is 0.864 bits per heavy atom. The Morgan fingerprint density at radius 2 is 1.57 bits per heavy atom. The Morgan fingerprint density at radius 3 is 2.34 bits per heavy atom. The lowest BCUT2D eigenvalue weighted by molar-refractivity contribution is -0.134. The molecule has 0 aliphatic carbocycles. The molecule has 0 saturated carbocycles. The number of carbonyl (C=O) groups is 2. The second kappa shape index (κ2) is 12.2. The van der Waals surface area contributed by atoms with Crippen LogP contribution in [0, 0.1) is 5.41 Å². The first-order chi connectivity index (χ1) is 21.2. The zero-order valence-corrected chi connectivity index (χ0v) is 25.4. The standard InChI is InChI=1S/C33H31N5O4S2/c34-31(35)25-9-5-6-22(18-25)19-29(36-44(41,42)26-13-12-23-7-1-2-8-24(23)20-26)33(40)38-16-14-37(15-17-38)32(39)28-21-43-30-11-4-3-10-27(28)30/h1-13,18,20-21,29,36H,14-17,19H2,(H3,34,35)/t29-/m0/s1. The number of nitrogens with one attached hydrogen (secondary N) is 2. The number of nitrogens with two attached hydrogens (primary N) is 1. The molecule has 2 heterocycles. The molecular weight excluding hydrogens is 595 g/mol. The molecule has 1 atom stereocenters. The molecule has 1 aromatic heterocycles. The largest absolute Gasteiger partial charge is 0.384 e. The van der Waals surface area contributed by atoms with Gasteiger partial charge in [0, 0.05) is 47.2 Å². The number of amides is 2. The Balaban J connectivity index is 1.22. The number of sulfonamides is 1. The first-order valence-electron chi connectivity index (χ1n) is 14.2. The smallest absolute Gasteiger partial charge is 0.255 e. The number of thiophene rings is 1. The van der Waals surface area contributed by atoms with E-state index in [1.54, 1.807) is 46.2 Å². The molecule has 2 amide bonds. The van der Waals surface area contributed by atoms with E-state index in [0.717, 1.165) is 20.9 Å². The number of fused-ring (bicyclic) bond motifs is 2.